The average Bonchev–Trinajstić information content (AvgIpc) is 2.74. The third-order valence-corrected chi connectivity index (χ3v) is 5.13. The maximum absolute atomic E-state index is 13.7. The molecule has 0 radical (unpaired) electrons. The van der Waals surface area contributed by atoms with Crippen molar-refractivity contribution in [3.05, 3.63) is 23.9 Å². The Labute approximate surface area is 167 Å². The highest BCUT2D eigenvalue weighted by Gasteiger charge is 2.25. The maximum atomic E-state index is 13.7. The first-order chi connectivity index (χ1) is 14.0. The van der Waals surface area contributed by atoms with Gasteiger partial charge < -0.3 is 25.0 Å². The molecule has 1 atom stereocenters. The topological polar surface area (TPSA) is 89.6 Å². The van der Waals surface area contributed by atoms with E-state index in [-0.39, 0.29) is 23.0 Å². The smallest absolute Gasteiger partial charge is 0.264 e. The van der Waals surface area contributed by atoms with Crippen LogP contribution < -0.4 is 15.5 Å². The summed E-state index contributed by atoms with van der Waals surface area (Å²) >= 11 is 0. The Morgan fingerprint density at radius 2 is 1.86 bits per heavy atom. The minimum absolute atomic E-state index is 0.0496. The molecule has 0 aromatic carbocycles. The van der Waals surface area contributed by atoms with Crippen molar-refractivity contribution in [2.75, 3.05) is 61.6 Å². The molecule has 0 saturated carbocycles. The van der Waals surface area contributed by atoms with E-state index in [1.54, 1.807) is 6.07 Å². The number of morpholine rings is 2. The summed E-state index contributed by atoms with van der Waals surface area (Å²) in [6.45, 7) is 6.33. The first-order valence-corrected chi connectivity index (χ1v) is 9.63. The molecule has 0 amide bonds. The Bertz CT molecular complexity index is 863. The van der Waals surface area contributed by atoms with E-state index in [0.717, 1.165) is 0 Å². The third kappa shape index (κ3) is 4.23. The Kier molecular flexibility index (Phi) is 5.72. The second-order valence-electron chi connectivity index (χ2n) is 7.13. The number of rotatable bonds is 4. The van der Waals surface area contributed by atoms with E-state index in [0.29, 0.717) is 63.5 Å². The maximum Gasteiger partial charge on any atom is 0.264 e. The van der Waals surface area contributed by atoms with E-state index in [4.69, 9.17) is 20.2 Å². The fourth-order valence-electron chi connectivity index (χ4n) is 3.55. The van der Waals surface area contributed by atoms with Crippen LogP contribution in [0.1, 0.15) is 18.9 Å². The summed E-state index contributed by atoms with van der Waals surface area (Å²) in [5.74, 6) is 1.23. The molecule has 4 heterocycles. The predicted octanol–water partition coefficient (Wildman–Crippen LogP) is 2.12. The molecule has 2 aliphatic rings. The number of alkyl halides is 2. The molecule has 2 aliphatic heterocycles. The van der Waals surface area contributed by atoms with Crippen LogP contribution in [0.5, 0.6) is 0 Å². The Balaban J connectivity index is 1.81. The zero-order chi connectivity index (χ0) is 20.4. The number of anilines is 3. The fraction of sp³-hybridized carbons (Fsp3) is 0.526. The Morgan fingerprint density at radius 3 is 2.59 bits per heavy atom. The van der Waals surface area contributed by atoms with E-state index in [9.17, 15) is 8.78 Å². The zero-order valence-electron chi connectivity index (χ0n) is 16.2. The SMILES string of the molecule is CC1COCCN1c1nc(-c2cnc(N)cc2C(F)F)cc(N2CCOCC2)n1. The van der Waals surface area contributed by atoms with Gasteiger partial charge in [-0.2, -0.15) is 4.98 Å². The number of hydrogen-bond donors (Lipinski definition) is 1. The highest BCUT2D eigenvalue weighted by molar-refractivity contribution is 5.69. The molecular formula is C19H24F2N6O2. The lowest BCUT2D eigenvalue weighted by Gasteiger charge is -2.35. The summed E-state index contributed by atoms with van der Waals surface area (Å²) in [6, 6.07) is 3.02. The van der Waals surface area contributed by atoms with Crippen LogP contribution in [0.3, 0.4) is 0 Å². The summed E-state index contributed by atoms with van der Waals surface area (Å²) in [5, 5.41) is 0. The minimum Gasteiger partial charge on any atom is -0.384 e. The Hall–Kier alpha value is -2.59. The number of nitrogen functional groups attached to an aromatic ring is 1. The normalized spacial score (nSPS) is 20.3. The van der Waals surface area contributed by atoms with Crippen LogP contribution in [0.4, 0.5) is 26.4 Å². The number of pyridine rings is 1. The molecule has 0 bridgehead atoms. The molecule has 8 nitrogen and oxygen atoms in total. The van der Waals surface area contributed by atoms with E-state index in [1.165, 1.54) is 12.3 Å². The van der Waals surface area contributed by atoms with Gasteiger partial charge >= 0.3 is 0 Å². The van der Waals surface area contributed by atoms with Crippen molar-refractivity contribution in [3.8, 4) is 11.3 Å². The van der Waals surface area contributed by atoms with Crippen molar-refractivity contribution >= 4 is 17.6 Å². The lowest BCUT2D eigenvalue weighted by Crippen LogP contribution is -2.45. The summed E-state index contributed by atoms with van der Waals surface area (Å²) < 4.78 is 38.3. The van der Waals surface area contributed by atoms with Gasteiger partial charge in [-0.25, -0.2) is 18.7 Å². The molecule has 156 valence electrons. The first kappa shape index (κ1) is 19.7. The van der Waals surface area contributed by atoms with E-state index in [1.807, 2.05) is 11.8 Å². The summed E-state index contributed by atoms with van der Waals surface area (Å²) in [7, 11) is 0. The number of halogens is 2. The van der Waals surface area contributed by atoms with Gasteiger partial charge in [0.15, 0.2) is 0 Å². The van der Waals surface area contributed by atoms with Crippen molar-refractivity contribution in [2.45, 2.75) is 19.4 Å². The predicted molar refractivity (Wildman–Crippen MR) is 105 cm³/mol. The molecule has 2 aromatic rings. The van der Waals surface area contributed by atoms with Crippen molar-refractivity contribution in [3.63, 3.8) is 0 Å². The quantitative estimate of drug-likeness (QED) is 0.826. The summed E-state index contributed by atoms with van der Waals surface area (Å²) in [5.41, 5.74) is 6.10. The van der Waals surface area contributed by atoms with Gasteiger partial charge in [-0.3, -0.25) is 0 Å². The lowest BCUT2D eigenvalue weighted by molar-refractivity contribution is 0.0980. The second kappa shape index (κ2) is 8.42. The third-order valence-electron chi connectivity index (χ3n) is 5.13. The van der Waals surface area contributed by atoms with Crippen LogP contribution in [0.25, 0.3) is 11.3 Å². The van der Waals surface area contributed by atoms with E-state index in [2.05, 4.69) is 14.9 Å². The number of ether oxygens (including phenoxy) is 2. The van der Waals surface area contributed by atoms with Gasteiger partial charge in [0.05, 0.1) is 38.2 Å². The van der Waals surface area contributed by atoms with E-state index < -0.39 is 6.43 Å². The van der Waals surface area contributed by atoms with Gasteiger partial charge in [0.25, 0.3) is 6.43 Å². The van der Waals surface area contributed by atoms with Crippen molar-refractivity contribution < 1.29 is 18.3 Å². The highest BCUT2D eigenvalue weighted by Crippen LogP contribution is 2.33. The molecule has 10 heteroatoms. The molecule has 1 unspecified atom stereocenters. The van der Waals surface area contributed by atoms with Crippen molar-refractivity contribution in [1.29, 1.82) is 0 Å². The Morgan fingerprint density at radius 1 is 1.10 bits per heavy atom. The average molecular weight is 406 g/mol. The van der Waals surface area contributed by atoms with Gasteiger partial charge in [0.1, 0.15) is 11.6 Å². The van der Waals surface area contributed by atoms with Gasteiger partial charge in [0.2, 0.25) is 5.95 Å². The van der Waals surface area contributed by atoms with Gasteiger partial charge in [-0.15, -0.1) is 0 Å². The van der Waals surface area contributed by atoms with Crippen LogP contribution in [0.15, 0.2) is 18.3 Å². The van der Waals surface area contributed by atoms with Crippen LogP contribution in [-0.4, -0.2) is 67.1 Å². The van der Waals surface area contributed by atoms with Crippen molar-refractivity contribution in [2.24, 2.45) is 0 Å². The second-order valence-corrected chi connectivity index (χ2v) is 7.13. The molecule has 0 spiro atoms. The van der Waals surface area contributed by atoms with Crippen LogP contribution >= 0.6 is 0 Å². The summed E-state index contributed by atoms with van der Waals surface area (Å²) in [6.07, 6.45) is -1.34. The lowest BCUT2D eigenvalue weighted by atomic mass is 10.1. The van der Waals surface area contributed by atoms with Crippen LogP contribution in [0, 0.1) is 0 Å². The molecule has 2 fully saturated rings. The zero-order valence-corrected chi connectivity index (χ0v) is 16.2. The molecule has 2 aromatic heterocycles. The van der Waals surface area contributed by atoms with Gasteiger partial charge in [-0.1, -0.05) is 0 Å². The first-order valence-electron chi connectivity index (χ1n) is 9.63. The standard InChI is InChI=1S/C19H24F2N6O2/c1-12-11-29-7-4-27(12)19-24-15(9-17(25-19)26-2-5-28-6-3-26)14-10-23-16(22)8-13(14)18(20)21/h8-10,12,18H,2-7,11H2,1H3,(H2,22,23). The van der Waals surface area contributed by atoms with Gasteiger partial charge in [-0.05, 0) is 13.0 Å². The number of nitrogens with two attached hydrogens (primary N) is 1. The fourth-order valence-corrected chi connectivity index (χ4v) is 3.55. The molecular weight excluding hydrogens is 382 g/mol. The molecule has 2 N–H and O–H groups in total. The monoisotopic (exact) mass is 406 g/mol. The molecule has 4 rings (SSSR count). The minimum atomic E-state index is -2.69. The number of hydrogen-bond acceptors (Lipinski definition) is 8. The highest BCUT2D eigenvalue weighted by atomic mass is 19.3. The van der Waals surface area contributed by atoms with Gasteiger partial charge in [0, 0.05) is 43.0 Å². The molecule has 29 heavy (non-hydrogen) atoms. The largest absolute Gasteiger partial charge is 0.384 e. The van der Waals surface area contributed by atoms with Crippen LogP contribution in [0.2, 0.25) is 0 Å². The van der Waals surface area contributed by atoms with E-state index >= 15 is 0 Å². The van der Waals surface area contributed by atoms with Crippen LogP contribution in [-0.2, 0) is 9.47 Å². The number of nitrogens with zero attached hydrogens (tertiary/aromatic N) is 5. The molecule has 2 saturated heterocycles. The summed E-state index contributed by atoms with van der Waals surface area (Å²) in [4.78, 5) is 17.5. The molecule has 0 aliphatic carbocycles. The number of aromatic nitrogens is 3. The van der Waals surface area contributed by atoms with Crippen molar-refractivity contribution in [1.82, 2.24) is 15.0 Å².